The first-order valence-electron chi connectivity index (χ1n) is 3.94. The van der Waals surface area contributed by atoms with Crippen LogP contribution in [0.1, 0.15) is 33.1 Å². The molecule has 1 atom stereocenters. The Morgan fingerprint density at radius 2 is 2.09 bits per heavy atom. The Hall–Kier alpha value is -0.520. The van der Waals surface area contributed by atoms with Crippen LogP contribution >= 0.6 is 0 Å². The molecule has 0 aliphatic heterocycles. The van der Waals surface area contributed by atoms with Gasteiger partial charge in [-0.05, 0) is 33.2 Å². The van der Waals surface area contributed by atoms with E-state index in [1.165, 1.54) is 0 Å². The molecule has 0 fully saturated rings. The van der Waals surface area contributed by atoms with E-state index in [0.717, 1.165) is 6.42 Å². The van der Waals surface area contributed by atoms with Crippen molar-refractivity contribution in [2.24, 2.45) is 5.73 Å². The summed E-state index contributed by atoms with van der Waals surface area (Å²) in [4.78, 5) is 0. The van der Waals surface area contributed by atoms with Crippen LogP contribution in [0, 0.1) is 11.8 Å². The number of nitrogens with two attached hydrogens (primary N) is 1. The molecule has 0 spiro atoms. The average Bonchev–Trinajstić information content (AvgIpc) is 1.87. The molecule has 0 amide bonds. The van der Waals surface area contributed by atoms with Gasteiger partial charge in [-0.2, -0.15) is 0 Å². The zero-order valence-electron chi connectivity index (χ0n) is 7.35. The second-order valence-corrected chi connectivity index (χ2v) is 2.96. The minimum absolute atomic E-state index is 0.534. The van der Waals surface area contributed by atoms with Crippen molar-refractivity contribution in [3.63, 3.8) is 0 Å². The highest BCUT2D eigenvalue weighted by Crippen LogP contribution is 2.14. The summed E-state index contributed by atoms with van der Waals surface area (Å²) in [5.41, 5.74) is 4.70. The first-order valence-corrected chi connectivity index (χ1v) is 3.94. The van der Waals surface area contributed by atoms with Crippen LogP contribution < -0.4 is 5.73 Å². The van der Waals surface area contributed by atoms with Gasteiger partial charge in [0.05, 0.1) is 5.60 Å². The van der Waals surface area contributed by atoms with Gasteiger partial charge in [0.1, 0.15) is 0 Å². The minimum Gasteiger partial charge on any atom is -0.390 e. The molecule has 0 bridgehead atoms. The number of aliphatic hydroxyl groups is 1. The summed E-state index contributed by atoms with van der Waals surface area (Å²) >= 11 is 0. The van der Waals surface area contributed by atoms with Gasteiger partial charge in [-0.25, -0.2) is 0 Å². The Morgan fingerprint density at radius 3 is 2.55 bits per heavy atom. The average molecular weight is 155 g/mol. The summed E-state index contributed by atoms with van der Waals surface area (Å²) in [5, 5.41) is 9.59. The quantitative estimate of drug-likeness (QED) is 0.592. The second-order valence-electron chi connectivity index (χ2n) is 2.96. The maximum Gasteiger partial charge on any atom is 0.0640 e. The second kappa shape index (κ2) is 5.17. The molecule has 2 heteroatoms. The molecule has 0 aliphatic carbocycles. The van der Waals surface area contributed by atoms with Crippen LogP contribution in [0.3, 0.4) is 0 Å². The fraction of sp³-hybridized carbons (Fsp3) is 0.778. The zero-order chi connectivity index (χ0) is 8.74. The molecule has 0 heterocycles. The molecule has 0 aliphatic rings. The summed E-state index contributed by atoms with van der Waals surface area (Å²) in [6, 6.07) is 0. The lowest BCUT2D eigenvalue weighted by Gasteiger charge is -2.20. The third-order valence-corrected chi connectivity index (χ3v) is 1.65. The van der Waals surface area contributed by atoms with Gasteiger partial charge in [-0.1, -0.05) is 0 Å². The van der Waals surface area contributed by atoms with Crippen molar-refractivity contribution in [1.29, 1.82) is 0 Å². The van der Waals surface area contributed by atoms with Gasteiger partial charge in [0.25, 0.3) is 0 Å². The first-order chi connectivity index (χ1) is 5.12. The molecule has 0 saturated heterocycles. The van der Waals surface area contributed by atoms with Crippen LogP contribution in [0.2, 0.25) is 0 Å². The van der Waals surface area contributed by atoms with Gasteiger partial charge >= 0.3 is 0 Å². The van der Waals surface area contributed by atoms with Crippen LogP contribution in [0.4, 0.5) is 0 Å². The smallest absolute Gasteiger partial charge is 0.0640 e. The van der Waals surface area contributed by atoms with Crippen LogP contribution in [0.5, 0.6) is 0 Å². The summed E-state index contributed by atoms with van der Waals surface area (Å²) in [6.07, 6.45) is 2.12. The standard InChI is InChI=1S/C9H17NO/c1-3-4-5-6-9(2,11)7-8-10/h11H,5-8,10H2,1-2H3. The molecule has 3 N–H and O–H groups in total. The highest BCUT2D eigenvalue weighted by Gasteiger charge is 2.17. The van der Waals surface area contributed by atoms with Crippen molar-refractivity contribution in [3.8, 4) is 11.8 Å². The topological polar surface area (TPSA) is 46.2 Å². The Labute approximate surface area is 68.8 Å². The molecule has 1 unspecified atom stereocenters. The number of rotatable bonds is 4. The van der Waals surface area contributed by atoms with Crippen molar-refractivity contribution < 1.29 is 5.11 Å². The number of hydrogen-bond acceptors (Lipinski definition) is 2. The molecule has 0 aromatic heterocycles. The monoisotopic (exact) mass is 155 g/mol. The van der Waals surface area contributed by atoms with Crippen molar-refractivity contribution in [1.82, 2.24) is 0 Å². The molecule has 0 radical (unpaired) electrons. The van der Waals surface area contributed by atoms with Crippen molar-refractivity contribution in [2.45, 2.75) is 38.7 Å². The molecular weight excluding hydrogens is 138 g/mol. The molecule has 0 rings (SSSR count). The van der Waals surface area contributed by atoms with E-state index >= 15 is 0 Å². The number of hydrogen-bond donors (Lipinski definition) is 2. The fourth-order valence-corrected chi connectivity index (χ4v) is 0.893. The van der Waals surface area contributed by atoms with Crippen LogP contribution in [-0.4, -0.2) is 17.3 Å². The molecule has 64 valence electrons. The van der Waals surface area contributed by atoms with Gasteiger partial charge in [0.15, 0.2) is 0 Å². The molecule has 11 heavy (non-hydrogen) atoms. The van der Waals surface area contributed by atoms with Gasteiger partial charge in [-0.15, -0.1) is 11.8 Å². The lowest BCUT2D eigenvalue weighted by molar-refractivity contribution is 0.0461. The largest absolute Gasteiger partial charge is 0.390 e. The highest BCUT2D eigenvalue weighted by molar-refractivity contribution is 4.96. The van der Waals surface area contributed by atoms with Gasteiger partial charge in [0, 0.05) is 6.42 Å². The van der Waals surface area contributed by atoms with E-state index in [1.54, 1.807) is 13.8 Å². The molecule has 2 nitrogen and oxygen atoms in total. The molecule has 0 saturated carbocycles. The minimum atomic E-state index is -0.626. The van der Waals surface area contributed by atoms with Gasteiger partial charge in [-0.3, -0.25) is 0 Å². The Kier molecular flexibility index (Phi) is 4.93. The van der Waals surface area contributed by atoms with E-state index in [0.29, 0.717) is 19.4 Å². The summed E-state index contributed by atoms with van der Waals surface area (Å²) in [6.45, 7) is 4.14. The summed E-state index contributed by atoms with van der Waals surface area (Å²) in [5.74, 6) is 5.70. The van der Waals surface area contributed by atoms with E-state index in [4.69, 9.17) is 5.73 Å². The molecule has 0 aromatic rings. The van der Waals surface area contributed by atoms with Crippen molar-refractivity contribution in [3.05, 3.63) is 0 Å². The van der Waals surface area contributed by atoms with E-state index < -0.39 is 5.60 Å². The van der Waals surface area contributed by atoms with Crippen LogP contribution in [0.15, 0.2) is 0 Å². The predicted molar refractivity (Wildman–Crippen MR) is 47.0 cm³/mol. The highest BCUT2D eigenvalue weighted by atomic mass is 16.3. The molecule has 0 aromatic carbocycles. The summed E-state index contributed by atoms with van der Waals surface area (Å²) in [7, 11) is 0. The maximum atomic E-state index is 9.59. The van der Waals surface area contributed by atoms with Crippen LogP contribution in [-0.2, 0) is 0 Å². The van der Waals surface area contributed by atoms with Crippen molar-refractivity contribution in [2.75, 3.05) is 6.54 Å². The van der Waals surface area contributed by atoms with E-state index in [1.807, 2.05) is 0 Å². The van der Waals surface area contributed by atoms with E-state index in [-0.39, 0.29) is 0 Å². The van der Waals surface area contributed by atoms with Gasteiger partial charge in [0.2, 0.25) is 0 Å². The molecular formula is C9H17NO. The zero-order valence-corrected chi connectivity index (χ0v) is 7.35. The third kappa shape index (κ3) is 5.90. The maximum absolute atomic E-state index is 9.59. The van der Waals surface area contributed by atoms with E-state index in [2.05, 4.69) is 11.8 Å². The fourth-order valence-electron chi connectivity index (χ4n) is 0.893. The van der Waals surface area contributed by atoms with Crippen LogP contribution in [0.25, 0.3) is 0 Å². The first kappa shape index (κ1) is 10.5. The Balaban J connectivity index is 3.59. The lowest BCUT2D eigenvalue weighted by Crippen LogP contribution is -2.27. The Morgan fingerprint density at radius 1 is 1.45 bits per heavy atom. The van der Waals surface area contributed by atoms with E-state index in [9.17, 15) is 5.11 Å². The predicted octanol–water partition coefficient (Wildman–Crippen LogP) is 0.890. The SMILES string of the molecule is CC#CCCC(C)(O)CCN. The Bertz CT molecular complexity index is 153. The van der Waals surface area contributed by atoms with Gasteiger partial charge < -0.3 is 10.8 Å². The summed E-state index contributed by atoms with van der Waals surface area (Å²) < 4.78 is 0. The normalized spacial score (nSPS) is 14.9. The third-order valence-electron chi connectivity index (χ3n) is 1.65. The lowest BCUT2D eigenvalue weighted by atomic mass is 9.96. The van der Waals surface area contributed by atoms with Crippen molar-refractivity contribution >= 4 is 0 Å².